The normalized spacial score (nSPS) is 15.4. The zero-order chi connectivity index (χ0) is 15.1. The summed E-state index contributed by atoms with van der Waals surface area (Å²) in [4.78, 5) is 22.6. The van der Waals surface area contributed by atoms with Crippen molar-refractivity contribution in [3.05, 3.63) is 29.8 Å². The number of amides is 1. The molecule has 0 unspecified atom stereocenters. The minimum atomic E-state index is -0.933. The molecule has 21 heavy (non-hydrogen) atoms. The number of hydrogen-bond acceptors (Lipinski definition) is 4. The van der Waals surface area contributed by atoms with Crippen LogP contribution in [0.25, 0.3) is 0 Å². The maximum Gasteiger partial charge on any atom is 0.307 e. The van der Waals surface area contributed by atoms with E-state index in [4.69, 9.17) is 14.6 Å². The number of carboxylic acids is 1. The number of nitrogens with one attached hydrogen (secondary N) is 1. The van der Waals surface area contributed by atoms with Crippen molar-refractivity contribution in [1.82, 2.24) is 5.32 Å². The molecule has 1 aromatic carbocycles. The van der Waals surface area contributed by atoms with Gasteiger partial charge in [0.15, 0.2) is 6.61 Å². The van der Waals surface area contributed by atoms with Crippen LogP contribution in [0.15, 0.2) is 24.3 Å². The lowest BCUT2D eigenvalue weighted by atomic mass is 10.1. The fourth-order valence-electron chi connectivity index (χ4n) is 2.21. The van der Waals surface area contributed by atoms with E-state index in [-0.39, 0.29) is 25.0 Å². The first-order valence-corrected chi connectivity index (χ1v) is 6.95. The summed E-state index contributed by atoms with van der Waals surface area (Å²) in [5.41, 5.74) is 0.559. The van der Waals surface area contributed by atoms with Crippen molar-refractivity contribution < 1.29 is 24.2 Å². The quantitative estimate of drug-likeness (QED) is 0.817. The molecule has 114 valence electrons. The monoisotopic (exact) mass is 293 g/mol. The van der Waals surface area contributed by atoms with Crippen molar-refractivity contribution in [1.29, 1.82) is 0 Å². The second-order valence-corrected chi connectivity index (χ2v) is 4.92. The van der Waals surface area contributed by atoms with Crippen molar-refractivity contribution in [2.24, 2.45) is 0 Å². The molecule has 1 heterocycles. The molecule has 6 heteroatoms. The summed E-state index contributed by atoms with van der Waals surface area (Å²) in [6, 6.07) is 6.97. The zero-order valence-corrected chi connectivity index (χ0v) is 11.7. The third kappa shape index (κ3) is 5.07. The number of ether oxygens (including phenoxy) is 2. The molecule has 0 aromatic heterocycles. The number of hydrogen-bond donors (Lipinski definition) is 2. The van der Waals surface area contributed by atoms with Gasteiger partial charge in [0.2, 0.25) is 0 Å². The van der Waals surface area contributed by atoms with Crippen molar-refractivity contribution in [3.63, 3.8) is 0 Å². The van der Waals surface area contributed by atoms with Crippen LogP contribution in [-0.4, -0.2) is 42.8 Å². The van der Waals surface area contributed by atoms with Gasteiger partial charge in [-0.15, -0.1) is 0 Å². The van der Waals surface area contributed by atoms with Gasteiger partial charge in [0, 0.05) is 24.8 Å². The van der Waals surface area contributed by atoms with Gasteiger partial charge in [0.1, 0.15) is 5.75 Å². The number of carbonyl (C=O) groups excluding carboxylic acids is 1. The molecule has 6 nitrogen and oxygen atoms in total. The minimum absolute atomic E-state index is 0.117. The summed E-state index contributed by atoms with van der Waals surface area (Å²) in [7, 11) is 0. The Kier molecular flexibility index (Phi) is 5.57. The molecule has 1 fully saturated rings. The molecule has 0 bridgehead atoms. The second-order valence-electron chi connectivity index (χ2n) is 4.92. The number of para-hydroxylation sites is 1. The van der Waals surface area contributed by atoms with Crippen LogP contribution < -0.4 is 10.1 Å². The molecule has 2 N–H and O–H groups in total. The zero-order valence-electron chi connectivity index (χ0n) is 11.7. The molecule has 0 aliphatic carbocycles. The fraction of sp³-hybridized carbons (Fsp3) is 0.467. The summed E-state index contributed by atoms with van der Waals surface area (Å²) in [6.07, 6.45) is 1.49. The predicted molar refractivity (Wildman–Crippen MR) is 75.3 cm³/mol. The van der Waals surface area contributed by atoms with E-state index in [2.05, 4.69) is 5.32 Å². The topological polar surface area (TPSA) is 84.9 Å². The first kappa shape index (κ1) is 15.3. The van der Waals surface area contributed by atoms with Gasteiger partial charge >= 0.3 is 5.97 Å². The first-order chi connectivity index (χ1) is 10.1. The van der Waals surface area contributed by atoms with Gasteiger partial charge in [-0.3, -0.25) is 9.59 Å². The van der Waals surface area contributed by atoms with E-state index in [0.29, 0.717) is 24.5 Å². The SMILES string of the molecule is O=C(O)Cc1ccccc1OCC(=O)NC1CCOCC1. The fourth-order valence-corrected chi connectivity index (χ4v) is 2.21. The van der Waals surface area contributed by atoms with Crippen LogP contribution in [-0.2, 0) is 20.7 Å². The Hall–Kier alpha value is -2.08. The Morgan fingerprint density at radius 1 is 1.29 bits per heavy atom. The third-order valence-corrected chi connectivity index (χ3v) is 3.26. The summed E-state index contributed by atoms with van der Waals surface area (Å²) in [5.74, 6) is -0.702. The maximum atomic E-state index is 11.8. The van der Waals surface area contributed by atoms with Gasteiger partial charge in [-0.2, -0.15) is 0 Å². The number of rotatable bonds is 6. The van der Waals surface area contributed by atoms with E-state index >= 15 is 0 Å². The van der Waals surface area contributed by atoms with Crippen LogP contribution >= 0.6 is 0 Å². The molecular weight excluding hydrogens is 274 g/mol. The first-order valence-electron chi connectivity index (χ1n) is 6.95. The van der Waals surface area contributed by atoms with Crippen LogP contribution in [0.3, 0.4) is 0 Å². The van der Waals surface area contributed by atoms with E-state index in [1.54, 1.807) is 24.3 Å². The highest BCUT2D eigenvalue weighted by Crippen LogP contribution is 2.18. The van der Waals surface area contributed by atoms with Crippen LogP contribution in [0.4, 0.5) is 0 Å². The number of aliphatic carboxylic acids is 1. The molecule has 0 radical (unpaired) electrons. The smallest absolute Gasteiger partial charge is 0.307 e. The average molecular weight is 293 g/mol. The lowest BCUT2D eigenvalue weighted by molar-refractivity contribution is -0.136. The van der Waals surface area contributed by atoms with Crippen LogP contribution in [0.5, 0.6) is 5.75 Å². The van der Waals surface area contributed by atoms with E-state index in [0.717, 1.165) is 12.8 Å². The van der Waals surface area contributed by atoms with Crippen LogP contribution in [0.2, 0.25) is 0 Å². The number of carboxylic acid groups (broad SMARTS) is 1. The van der Waals surface area contributed by atoms with Crippen molar-refractivity contribution in [2.75, 3.05) is 19.8 Å². The van der Waals surface area contributed by atoms with E-state index in [1.165, 1.54) is 0 Å². The number of benzene rings is 1. The molecule has 1 aliphatic heterocycles. The highest BCUT2D eigenvalue weighted by molar-refractivity contribution is 5.78. The predicted octanol–water partition coefficient (Wildman–Crippen LogP) is 0.988. The lowest BCUT2D eigenvalue weighted by Crippen LogP contribution is -2.41. The van der Waals surface area contributed by atoms with Crippen molar-refractivity contribution in [3.8, 4) is 5.75 Å². The van der Waals surface area contributed by atoms with Gasteiger partial charge in [0.25, 0.3) is 5.91 Å². The Morgan fingerprint density at radius 3 is 2.71 bits per heavy atom. The Labute approximate surface area is 123 Å². The van der Waals surface area contributed by atoms with E-state index < -0.39 is 5.97 Å². The highest BCUT2D eigenvalue weighted by atomic mass is 16.5. The standard InChI is InChI=1S/C15H19NO5/c17-14(16-12-5-7-20-8-6-12)10-21-13-4-2-1-3-11(13)9-15(18)19/h1-4,12H,5-10H2,(H,16,17)(H,18,19). The molecular formula is C15H19NO5. The summed E-state index contributed by atoms with van der Waals surface area (Å²) >= 11 is 0. The average Bonchev–Trinajstić information content (AvgIpc) is 2.47. The Balaban J connectivity index is 1.84. The van der Waals surface area contributed by atoms with Crippen LogP contribution in [0.1, 0.15) is 18.4 Å². The molecule has 1 aromatic rings. The van der Waals surface area contributed by atoms with Gasteiger partial charge in [0.05, 0.1) is 6.42 Å². The minimum Gasteiger partial charge on any atom is -0.483 e. The van der Waals surface area contributed by atoms with Gasteiger partial charge in [-0.25, -0.2) is 0 Å². The number of carbonyl (C=O) groups is 2. The molecule has 1 aliphatic rings. The Morgan fingerprint density at radius 2 is 2.00 bits per heavy atom. The van der Waals surface area contributed by atoms with E-state index in [9.17, 15) is 9.59 Å². The summed E-state index contributed by atoms with van der Waals surface area (Å²) < 4.78 is 10.7. The Bertz CT molecular complexity index is 497. The maximum absolute atomic E-state index is 11.8. The lowest BCUT2D eigenvalue weighted by Gasteiger charge is -2.23. The molecule has 0 saturated carbocycles. The van der Waals surface area contributed by atoms with E-state index in [1.807, 2.05) is 0 Å². The second kappa shape index (κ2) is 7.64. The molecule has 0 spiro atoms. The third-order valence-electron chi connectivity index (χ3n) is 3.26. The van der Waals surface area contributed by atoms with Crippen molar-refractivity contribution in [2.45, 2.75) is 25.3 Å². The van der Waals surface area contributed by atoms with Gasteiger partial charge in [-0.1, -0.05) is 18.2 Å². The molecule has 1 amide bonds. The summed E-state index contributed by atoms with van der Waals surface area (Å²) in [6.45, 7) is 1.20. The molecule has 2 rings (SSSR count). The van der Waals surface area contributed by atoms with Gasteiger partial charge in [-0.05, 0) is 18.9 Å². The molecule has 0 atom stereocenters. The van der Waals surface area contributed by atoms with Crippen LogP contribution in [0, 0.1) is 0 Å². The van der Waals surface area contributed by atoms with Gasteiger partial charge < -0.3 is 19.9 Å². The highest BCUT2D eigenvalue weighted by Gasteiger charge is 2.16. The largest absolute Gasteiger partial charge is 0.483 e. The summed E-state index contributed by atoms with van der Waals surface area (Å²) in [5, 5.41) is 11.7. The van der Waals surface area contributed by atoms with Crippen molar-refractivity contribution >= 4 is 11.9 Å². The molecule has 1 saturated heterocycles.